The highest BCUT2D eigenvalue weighted by Gasteiger charge is 2.20. The number of aliphatic hydroxyl groups excluding tert-OH is 1. The normalized spacial score (nSPS) is 25.7. The second-order valence-corrected chi connectivity index (χ2v) is 3.78. The van der Waals surface area contributed by atoms with Crippen molar-refractivity contribution in [3.8, 4) is 5.75 Å². The Morgan fingerprint density at radius 3 is 2.47 bits per heavy atom. The van der Waals surface area contributed by atoms with Crippen molar-refractivity contribution in [2.24, 2.45) is 0 Å². The fourth-order valence-electron chi connectivity index (χ4n) is 1.86. The van der Waals surface area contributed by atoms with Crippen molar-refractivity contribution in [2.75, 3.05) is 6.54 Å². The third-order valence-corrected chi connectivity index (χ3v) is 2.67. The van der Waals surface area contributed by atoms with Gasteiger partial charge in [0, 0.05) is 6.04 Å². The SMILES string of the molecule is Cl.Oc1ccc(C2CC(O)CCN2)cc1. The molecule has 0 saturated carbocycles. The van der Waals surface area contributed by atoms with Gasteiger partial charge < -0.3 is 15.5 Å². The standard InChI is InChI=1S/C11H15NO2.ClH/c13-9-3-1-8(2-4-9)11-7-10(14)5-6-12-11;/h1-4,10-14H,5-7H2;1H. The summed E-state index contributed by atoms with van der Waals surface area (Å²) < 4.78 is 0. The van der Waals surface area contributed by atoms with Crippen molar-refractivity contribution in [1.82, 2.24) is 5.32 Å². The van der Waals surface area contributed by atoms with Gasteiger partial charge in [0.05, 0.1) is 6.10 Å². The molecule has 0 bridgehead atoms. The van der Waals surface area contributed by atoms with E-state index in [9.17, 15) is 5.11 Å². The molecule has 15 heavy (non-hydrogen) atoms. The van der Waals surface area contributed by atoms with Gasteiger partial charge in [-0.15, -0.1) is 12.4 Å². The molecule has 3 nitrogen and oxygen atoms in total. The van der Waals surface area contributed by atoms with Crippen molar-refractivity contribution < 1.29 is 10.2 Å². The first-order valence-corrected chi connectivity index (χ1v) is 4.96. The molecule has 1 fully saturated rings. The predicted molar refractivity (Wildman–Crippen MR) is 61.3 cm³/mol. The zero-order valence-electron chi connectivity index (χ0n) is 8.39. The van der Waals surface area contributed by atoms with Crippen LogP contribution in [0, 0.1) is 0 Å². The molecule has 0 radical (unpaired) electrons. The van der Waals surface area contributed by atoms with E-state index in [0.717, 1.165) is 24.9 Å². The van der Waals surface area contributed by atoms with Gasteiger partial charge >= 0.3 is 0 Å². The highest BCUT2D eigenvalue weighted by Crippen LogP contribution is 2.24. The van der Waals surface area contributed by atoms with Crippen LogP contribution in [0.2, 0.25) is 0 Å². The molecule has 3 N–H and O–H groups in total. The van der Waals surface area contributed by atoms with Crippen LogP contribution in [0.4, 0.5) is 0 Å². The summed E-state index contributed by atoms with van der Waals surface area (Å²) in [6.07, 6.45) is 1.38. The maximum Gasteiger partial charge on any atom is 0.115 e. The number of benzene rings is 1. The molecule has 0 amide bonds. The van der Waals surface area contributed by atoms with Crippen LogP contribution in [0.15, 0.2) is 24.3 Å². The molecular weight excluding hydrogens is 214 g/mol. The molecule has 4 heteroatoms. The zero-order valence-corrected chi connectivity index (χ0v) is 9.20. The maximum atomic E-state index is 9.51. The van der Waals surface area contributed by atoms with Gasteiger partial charge in [-0.3, -0.25) is 0 Å². The zero-order chi connectivity index (χ0) is 9.97. The smallest absolute Gasteiger partial charge is 0.115 e. The number of phenolic OH excluding ortho intramolecular Hbond substituents is 1. The molecule has 1 aromatic rings. The molecule has 2 atom stereocenters. The third-order valence-electron chi connectivity index (χ3n) is 2.67. The van der Waals surface area contributed by atoms with Crippen LogP contribution in [0.1, 0.15) is 24.4 Å². The van der Waals surface area contributed by atoms with Gasteiger partial charge in [0.15, 0.2) is 0 Å². The minimum absolute atomic E-state index is 0. The number of piperidine rings is 1. The Bertz CT molecular complexity index is 302. The Hall–Kier alpha value is -0.770. The van der Waals surface area contributed by atoms with Gasteiger partial charge in [0.1, 0.15) is 5.75 Å². The van der Waals surface area contributed by atoms with E-state index >= 15 is 0 Å². The van der Waals surface area contributed by atoms with E-state index < -0.39 is 0 Å². The number of nitrogens with one attached hydrogen (secondary N) is 1. The van der Waals surface area contributed by atoms with Crippen molar-refractivity contribution in [1.29, 1.82) is 0 Å². The van der Waals surface area contributed by atoms with E-state index in [0.29, 0.717) is 0 Å². The topological polar surface area (TPSA) is 52.5 Å². The number of phenols is 1. The van der Waals surface area contributed by atoms with Gasteiger partial charge in [0.25, 0.3) is 0 Å². The Labute approximate surface area is 95.5 Å². The van der Waals surface area contributed by atoms with Crippen molar-refractivity contribution in [2.45, 2.75) is 25.0 Å². The Kier molecular flexibility index (Phi) is 4.39. The summed E-state index contributed by atoms with van der Waals surface area (Å²) >= 11 is 0. The molecule has 1 aromatic carbocycles. The summed E-state index contributed by atoms with van der Waals surface area (Å²) in [7, 11) is 0. The van der Waals surface area contributed by atoms with Crippen LogP contribution >= 0.6 is 12.4 Å². The largest absolute Gasteiger partial charge is 0.508 e. The predicted octanol–water partition coefficient (Wildman–Crippen LogP) is 1.60. The average Bonchev–Trinajstić information content (AvgIpc) is 2.19. The first-order valence-electron chi connectivity index (χ1n) is 4.96. The Morgan fingerprint density at radius 1 is 1.20 bits per heavy atom. The lowest BCUT2D eigenvalue weighted by Gasteiger charge is -2.27. The van der Waals surface area contributed by atoms with Crippen LogP contribution in [-0.4, -0.2) is 22.9 Å². The summed E-state index contributed by atoms with van der Waals surface area (Å²) in [6.45, 7) is 0.854. The minimum atomic E-state index is -0.199. The van der Waals surface area contributed by atoms with E-state index in [1.165, 1.54) is 0 Å². The molecule has 0 spiro atoms. The Morgan fingerprint density at radius 2 is 1.87 bits per heavy atom. The number of aliphatic hydroxyl groups is 1. The highest BCUT2D eigenvalue weighted by atomic mass is 35.5. The van der Waals surface area contributed by atoms with Crippen LogP contribution in [0.3, 0.4) is 0 Å². The Balaban J connectivity index is 0.00000112. The van der Waals surface area contributed by atoms with Crippen molar-refractivity contribution in [3.05, 3.63) is 29.8 Å². The van der Waals surface area contributed by atoms with Crippen LogP contribution < -0.4 is 5.32 Å². The van der Waals surface area contributed by atoms with E-state index in [2.05, 4.69) is 5.32 Å². The van der Waals surface area contributed by atoms with Crippen molar-refractivity contribution >= 4 is 12.4 Å². The second kappa shape index (κ2) is 5.35. The number of hydrogen-bond donors (Lipinski definition) is 3. The molecular formula is C11H16ClNO2. The maximum absolute atomic E-state index is 9.51. The molecule has 0 aliphatic carbocycles. The van der Waals surface area contributed by atoms with Gasteiger partial charge in [-0.2, -0.15) is 0 Å². The third kappa shape index (κ3) is 3.09. The molecule has 2 unspecified atom stereocenters. The lowest BCUT2D eigenvalue weighted by Crippen LogP contribution is -2.34. The lowest BCUT2D eigenvalue weighted by molar-refractivity contribution is 0.117. The minimum Gasteiger partial charge on any atom is -0.508 e. The molecule has 1 saturated heterocycles. The lowest BCUT2D eigenvalue weighted by atomic mass is 9.95. The molecule has 0 aromatic heterocycles. The first-order chi connectivity index (χ1) is 6.75. The number of halogens is 1. The molecule has 2 rings (SSSR count). The fourth-order valence-corrected chi connectivity index (χ4v) is 1.86. The number of aromatic hydroxyl groups is 1. The van der Waals surface area contributed by atoms with Gasteiger partial charge in [0.2, 0.25) is 0 Å². The highest BCUT2D eigenvalue weighted by molar-refractivity contribution is 5.85. The second-order valence-electron chi connectivity index (χ2n) is 3.78. The van der Waals surface area contributed by atoms with Crippen LogP contribution in [0.25, 0.3) is 0 Å². The summed E-state index contributed by atoms with van der Waals surface area (Å²) in [4.78, 5) is 0. The van der Waals surface area contributed by atoms with Crippen molar-refractivity contribution in [3.63, 3.8) is 0 Å². The van der Waals surface area contributed by atoms with E-state index in [1.807, 2.05) is 12.1 Å². The first kappa shape index (κ1) is 12.3. The summed E-state index contributed by atoms with van der Waals surface area (Å²) in [6, 6.07) is 7.37. The molecule has 1 aliphatic heterocycles. The number of rotatable bonds is 1. The van der Waals surface area contributed by atoms with Gasteiger partial charge in [-0.1, -0.05) is 12.1 Å². The van der Waals surface area contributed by atoms with Crippen LogP contribution in [-0.2, 0) is 0 Å². The number of hydrogen-bond acceptors (Lipinski definition) is 3. The monoisotopic (exact) mass is 229 g/mol. The molecule has 1 heterocycles. The van der Waals surface area contributed by atoms with Gasteiger partial charge in [-0.25, -0.2) is 0 Å². The summed E-state index contributed by atoms with van der Waals surface area (Å²) in [5, 5.41) is 22.0. The quantitative estimate of drug-likeness (QED) is 0.686. The molecule has 1 aliphatic rings. The molecule has 84 valence electrons. The summed E-state index contributed by atoms with van der Waals surface area (Å²) in [5.74, 6) is 0.283. The van der Waals surface area contributed by atoms with Crippen LogP contribution in [0.5, 0.6) is 5.75 Å². The van der Waals surface area contributed by atoms with Gasteiger partial charge in [-0.05, 0) is 37.1 Å². The van der Waals surface area contributed by atoms with E-state index in [-0.39, 0.29) is 30.3 Å². The van der Waals surface area contributed by atoms with E-state index in [4.69, 9.17) is 5.11 Å². The summed E-state index contributed by atoms with van der Waals surface area (Å²) in [5.41, 5.74) is 1.13. The average molecular weight is 230 g/mol. The fraction of sp³-hybridized carbons (Fsp3) is 0.455. The van der Waals surface area contributed by atoms with E-state index in [1.54, 1.807) is 12.1 Å².